The highest BCUT2D eigenvalue weighted by Crippen LogP contribution is 2.27. The third-order valence-electron chi connectivity index (χ3n) is 2.60. The fourth-order valence-corrected chi connectivity index (χ4v) is 1.74. The molecule has 1 aromatic carbocycles. The molecule has 0 saturated heterocycles. The predicted molar refractivity (Wildman–Crippen MR) is 60.9 cm³/mol. The minimum atomic E-state index is -0.0369. The van der Waals surface area contributed by atoms with Crippen LogP contribution in [0.1, 0.15) is 18.9 Å². The lowest BCUT2D eigenvalue weighted by Gasteiger charge is -2.20. The first-order valence-electron chi connectivity index (χ1n) is 4.93. The fraction of sp³-hybridized carbons (Fsp3) is 0.154. The van der Waals surface area contributed by atoms with Gasteiger partial charge in [0, 0.05) is 17.7 Å². The molecule has 1 N–H and O–H groups in total. The number of rotatable bonds is 1. The van der Waals surface area contributed by atoms with Crippen LogP contribution in [0.25, 0.3) is 5.57 Å². The molecule has 2 heteroatoms. The van der Waals surface area contributed by atoms with Crippen molar-refractivity contribution in [1.82, 2.24) is 5.32 Å². The number of carbonyl (C=O) groups is 1. The third-order valence-corrected chi connectivity index (χ3v) is 2.60. The number of hydrogen-bond acceptors (Lipinski definition) is 1. The molecule has 1 aliphatic heterocycles. The Hall–Kier alpha value is -1.83. The highest BCUT2D eigenvalue weighted by atomic mass is 16.1. The number of nitrogens with one attached hydrogen (secondary N) is 1. The second-order valence-corrected chi connectivity index (χ2v) is 3.70. The van der Waals surface area contributed by atoms with E-state index in [1.165, 1.54) is 0 Å². The lowest BCUT2D eigenvalue weighted by atomic mass is 9.93. The van der Waals surface area contributed by atoms with Crippen LogP contribution in [-0.4, -0.2) is 5.91 Å². The zero-order valence-corrected chi connectivity index (χ0v) is 8.71. The Kier molecular flexibility index (Phi) is 2.42. The zero-order valence-electron chi connectivity index (χ0n) is 8.71. The van der Waals surface area contributed by atoms with Gasteiger partial charge in [0.1, 0.15) is 0 Å². The van der Waals surface area contributed by atoms with Crippen molar-refractivity contribution in [2.45, 2.75) is 13.3 Å². The summed E-state index contributed by atoms with van der Waals surface area (Å²) in [5.74, 6) is -0.0369. The van der Waals surface area contributed by atoms with Crippen LogP contribution in [-0.2, 0) is 4.79 Å². The van der Waals surface area contributed by atoms with Crippen molar-refractivity contribution in [3.8, 4) is 0 Å². The fourth-order valence-electron chi connectivity index (χ4n) is 1.74. The molecule has 0 spiro atoms. The van der Waals surface area contributed by atoms with Crippen molar-refractivity contribution in [2.75, 3.05) is 0 Å². The lowest BCUT2D eigenvalue weighted by Crippen LogP contribution is -2.28. The van der Waals surface area contributed by atoms with E-state index in [1.54, 1.807) is 0 Å². The van der Waals surface area contributed by atoms with Crippen LogP contribution in [0.5, 0.6) is 0 Å². The normalized spacial score (nSPS) is 16.6. The summed E-state index contributed by atoms with van der Waals surface area (Å²) >= 11 is 0. The Bertz CT molecular complexity index is 443. The van der Waals surface area contributed by atoms with Gasteiger partial charge in [-0.1, -0.05) is 36.9 Å². The van der Waals surface area contributed by atoms with Gasteiger partial charge in [-0.25, -0.2) is 0 Å². The van der Waals surface area contributed by atoms with Gasteiger partial charge in [-0.2, -0.15) is 0 Å². The van der Waals surface area contributed by atoms with E-state index >= 15 is 0 Å². The van der Waals surface area contributed by atoms with Gasteiger partial charge in [0.2, 0.25) is 0 Å². The van der Waals surface area contributed by atoms with Crippen LogP contribution >= 0.6 is 0 Å². The number of benzene rings is 1. The second-order valence-electron chi connectivity index (χ2n) is 3.70. The number of amides is 1. The first kappa shape index (κ1) is 9.71. The van der Waals surface area contributed by atoms with Gasteiger partial charge in [0.05, 0.1) is 0 Å². The Morgan fingerprint density at radius 3 is 2.60 bits per heavy atom. The van der Waals surface area contributed by atoms with Crippen molar-refractivity contribution >= 4 is 11.5 Å². The molecular formula is C13H13NO. The molecule has 1 aliphatic rings. The van der Waals surface area contributed by atoms with Crippen LogP contribution in [0, 0.1) is 0 Å². The van der Waals surface area contributed by atoms with Crippen molar-refractivity contribution in [3.63, 3.8) is 0 Å². The molecular weight excluding hydrogens is 186 g/mol. The molecule has 1 amide bonds. The summed E-state index contributed by atoms with van der Waals surface area (Å²) in [6.07, 6.45) is 0.724. The van der Waals surface area contributed by atoms with Gasteiger partial charge < -0.3 is 5.32 Å². The largest absolute Gasteiger partial charge is 0.326 e. The summed E-state index contributed by atoms with van der Waals surface area (Å²) in [7, 11) is 0. The van der Waals surface area contributed by atoms with Crippen LogP contribution in [0.4, 0.5) is 0 Å². The predicted octanol–water partition coefficient (Wildman–Crippen LogP) is 2.49. The van der Waals surface area contributed by atoms with E-state index in [1.807, 2.05) is 37.3 Å². The third kappa shape index (κ3) is 1.84. The average Bonchev–Trinajstić information content (AvgIpc) is 2.24. The molecule has 0 aliphatic carbocycles. The zero-order chi connectivity index (χ0) is 10.8. The van der Waals surface area contributed by atoms with Gasteiger partial charge in [-0.15, -0.1) is 0 Å². The molecule has 2 nitrogen and oxygen atoms in total. The Morgan fingerprint density at radius 2 is 1.93 bits per heavy atom. The quantitative estimate of drug-likeness (QED) is 0.739. The van der Waals surface area contributed by atoms with E-state index in [9.17, 15) is 4.79 Å². The molecule has 1 aromatic rings. The molecule has 0 radical (unpaired) electrons. The molecule has 76 valence electrons. The summed E-state index contributed by atoms with van der Waals surface area (Å²) < 4.78 is 0. The molecule has 1 heterocycles. The van der Waals surface area contributed by atoms with Crippen molar-refractivity contribution < 1.29 is 4.79 Å². The van der Waals surface area contributed by atoms with E-state index in [0.29, 0.717) is 0 Å². The van der Waals surface area contributed by atoms with E-state index in [-0.39, 0.29) is 5.91 Å². The van der Waals surface area contributed by atoms with Gasteiger partial charge >= 0.3 is 0 Å². The molecule has 15 heavy (non-hydrogen) atoms. The maximum atomic E-state index is 11.6. The molecule has 0 bridgehead atoms. The summed E-state index contributed by atoms with van der Waals surface area (Å²) in [4.78, 5) is 11.6. The molecule has 0 fully saturated rings. The maximum Gasteiger partial charge on any atom is 0.251 e. The van der Waals surface area contributed by atoms with Crippen LogP contribution in [0.2, 0.25) is 0 Å². The van der Waals surface area contributed by atoms with E-state index in [0.717, 1.165) is 28.8 Å². The molecule has 0 unspecified atom stereocenters. The average molecular weight is 199 g/mol. The maximum absolute atomic E-state index is 11.6. The molecule has 0 saturated carbocycles. The second kappa shape index (κ2) is 3.73. The Balaban J connectivity index is 2.48. The van der Waals surface area contributed by atoms with E-state index < -0.39 is 0 Å². The standard InChI is InChI=1S/C13H13NO/c1-9-8-12(10(2)13(15)14-9)11-6-4-3-5-7-11/h3-7H,1,8H2,2H3,(H,14,15). The van der Waals surface area contributed by atoms with Crippen LogP contribution < -0.4 is 5.32 Å². The molecule has 0 atom stereocenters. The van der Waals surface area contributed by atoms with Gasteiger partial charge in [0.15, 0.2) is 0 Å². The number of carbonyl (C=O) groups excluding carboxylic acids is 1. The SMILES string of the molecule is C=C1CC(c2ccccc2)=C(C)C(=O)N1. The van der Waals surface area contributed by atoms with Gasteiger partial charge in [-0.05, 0) is 18.1 Å². The molecule has 0 aromatic heterocycles. The monoisotopic (exact) mass is 199 g/mol. The molecule has 2 rings (SSSR count). The minimum absolute atomic E-state index is 0.0369. The summed E-state index contributed by atoms with van der Waals surface area (Å²) in [6.45, 7) is 5.66. The van der Waals surface area contributed by atoms with Crippen LogP contribution in [0.3, 0.4) is 0 Å². The summed E-state index contributed by atoms with van der Waals surface area (Å²) in [6, 6.07) is 9.96. The first-order chi connectivity index (χ1) is 7.18. The van der Waals surface area contributed by atoms with Crippen molar-refractivity contribution in [1.29, 1.82) is 0 Å². The van der Waals surface area contributed by atoms with Crippen molar-refractivity contribution in [2.24, 2.45) is 0 Å². The highest BCUT2D eigenvalue weighted by molar-refractivity contribution is 6.03. The Morgan fingerprint density at radius 1 is 1.27 bits per heavy atom. The topological polar surface area (TPSA) is 29.1 Å². The van der Waals surface area contributed by atoms with Crippen molar-refractivity contribution in [3.05, 3.63) is 53.7 Å². The number of hydrogen-bond donors (Lipinski definition) is 1. The highest BCUT2D eigenvalue weighted by Gasteiger charge is 2.19. The minimum Gasteiger partial charge on any atom is -0.326 e. The van der Waals surface area contributed by atoms with E-state index in [2.05, 4.69) is 11.9 Å². The summed E-state index contributed by atoms with van der Waals surface area (Å²) in [5, 5.41) is 2.74. The number of allylic oxidation sites excluding steroid dienone is 1. The summed E-state index contributed by atoms with van der Waals surface area (Å²) in [5.41, 5.74) is 3.73. The van der Waals surface area contributed by atoms with E-state index in [4.69, 9.17) is 0 Å². The first-order valence-corrected chi connectivity index (χ1v) is 4.93. The van der Waals surface area contributed by atoms with Gasteiger partial charge in [-0.3, -0.25) is 4.79 Å². The smallest absolute Gasteiger partial charge is 0.251 e. The lowest BCUT2D eigenvalue weighted by molar-refractivity contribution is -0.116. The van der Waals surface area contributed by atoms with Gasteiger partial charge in [0.25, 0.3) is 5.91 Å². The van der Waals surface area contributed by atoms with Crippen LogP contribution in [0.15, 0.2) is 48.2 Å². The Labute approximate surface area is 89.3 Å².